The minimum atomic E-state index is -0.187. The van der Waals surface area contributed by atoms with Crippen LogP contribution in [0.25, 0.3) is 10.9 Å². The van der Waals surface area contributed by atoms with Crippen molar-refractivity contribution in [3.8, 4) is 0 Å². The molecule has 3 rings (SSSR count). The maximum Gasteiger partial charge on any atom is 0.260 e. The Labute approximate surface area is 125 Å². The van der Waals surface area contributed by atoms with Crippen LogP contribution in [-0.2, 0) is 6.54 Å². The highest BCUT2D eigenvalue weighted by Crippen LogP contribution is 2.21. The molecule has 108 valence electrons. The second-order valence-corrected chi connectivity index (χ2v) is 6.34. The van der Waals surface area contributed by atoms with Crippen molar-refractivity contribution in [2.75, 3.05) is 11.1 Å². The topological polar surface area (TPSA) is 83.8 Å². The van der Waals surface area contributed by atoms with Crippen LogP contribution in [0.1, 0.15) is 15.3 Å². The van der Waals surface area contributed by atoms with Gasteiger partial charge in [-0.3, -0.25) is 9.78 Å². The van der Waals surface area contributed by atoms with E-state index in [2.05, 4.69) is 35.2 Å². The quantitative estimate of drug-likeness (QED) is 0.649. The Kier molecular flexibility index (Phi) is 3.39. The summed E-state index contributed by atoms with van der Waals surface area (Å²) in [6.07, 6.45) is 0. The molecule has 0 fully saturated rings. The van der Waals surface area contributed by atoms with Gasteiger partial charge < -0.3 is 11.1 Å². The normalized spacial score (nSPS) is 11.0. The van der Waals surface area contributed by atoms with Gasteiger partial charge in [0.2, 0.25) is 5.95 Å². The largest absolute Gasteiger partial charge is 0.399 e. The lowest BCUT2D eigenvalue weighted by Crippen LogP contribution is -2.13. The number of nitrogens with zero attached hydrogens (tertiary/aromatic N) is 1. The third kappa shape index (κ3) is 2.75. The standard InChI is InChI=1S/C15H16N4OS/c1-8-5-11(21-9(8)2)7-17-15-18-13-4-3-10(16)6-12(13)14(20)19-15/h3-6H,7,16H2,1-2H3,(H2,17,18,19,20). The van der Waals surface area contributed by atoms with E-state index in [0.29, 0.717) is 29.1 Å². The van der Waals surface area contributed by atoms with Gasteiger partial charge in [-0.25, -0.2) is 4.98 Å². The van der Waals surface area contributed by atoms with Crippen molar-refractivity contribution in [2.24, 2.45) is 0 Å². The zero-order valence-electron chi connectivity index (χ0n) is 11.9. The molecule has 21 heavy (non-hydrogen) atoms. The third-order valence-electron chi connectivity index (χ3n) is 3.38. The number of nitrogens with two attached hydrogens (primary N) is 1. The lowest BCUT2D eigenvalue weighted by atomic mass is 10.2. The molecule has 0 spiro atoms. The molecule has 2 aromatic heterocycles. The summed E-state index contributed by atoms with van der Waals surface area (Å²) >= 11 is 1.74. The second kappa shape index (κ2) is 5.21. The van der Waals surface area contributed by atoms with Crippen molar-refractivity contribution in [1.29, 1.82) is 0 Å². The summed E-state index contributed by atoms with van der Waals surface area (Å²) in [6, 6.07) is 7.28. The van der Waals surface area contributed by atoms with Crippen molar-refractivity contribution in [3.05, 3.63) is 49.9 Å². The molecule has 0 aliphatic heterocycles. The van der Waals surface area contributed by atoms with E-state index >= 15 is 0 Å². The number of aryl methyl sites for hydroxylation is 2. The molecule has 2 heterocycles. The molecular weight excluding hydrogens is 284 g/mol. The maximum absolute atomic E-state index is 12.0. The predicted molar refractivity (Wildman–Crippen MR) is 87.9 cm³/mol. The van der Waals surface area contributed by atoms with Gasteiger partial charge in [-0.2, -0.15) is 0 Å². The molecule has 0 atom stereocenters. The fourth-order valence-electron chi connectivity index (χ4n) is 2.15. The van der Waals surface area contributed by atoms with Gasteiger partial charge in [0, 0.05) is 15.4 Å². The number of rotatable bonds is 3. The SMILES string of the molecule is Cc1cc(CNc2nc3ccc(N)cc3c(=O)[nH]2)sc1C. The maximum atomic E-state index is 12.0. The first kappa shape index (κ1) is 13.6. The number of hydrogen-bond donors (Lipinski definition) is 3. The Morgan fingerprint density at radius 3 is 2.86 bits per heavy atom. The molecule has 0 unspecified atom stereocenters. The van der Waals surface area contributed by atoms with Gasteiger partial charge in [0.1, 0.15) is 0 Å². The highest BCUT2D eigenvalue weighted by atomic mass is 32.1. The van der Waals surface area contributed by atoms with Gasteiger partial charge in [0.25, 0.3) is 5.56 Å². The fourth-order valence-corrected chi connectivity index (χ4v) is 3.14. The summed E-state index contributed by atoms with van der Waals surface area (Å²) in [7, 11) is 0. The summed E-state index contributed by atoms with van der Waals surface area (Å²) in [5.74, 6) is 0.473. The Hall–Kier alpha value is -2.34. The van der Waals surface area contributed by atoms with Crippen molar-refractivity contribution < 1.29 is 0 Å². The van der Waals surface area contributed by atoms with E-state index < -0.39 is 0 Å². The number of H-pyrrole nitrogens is 1. The Balaban J connectivity index is 1.87. The number of anilines is 2. The number of nitrogens with one attached hydrogen (secondary N) is 2. The third-order valence-corrected chi connectivity index (χ3v) is 4.53. The number of fused-ring (bicyclic) bond motifs is 1. The van der Waals surface area contributed by atoms with Gasteiger partial charge in [0.15, 0.2) is 0 Å². The minimum Gasteiger partial charge on any atom is -0.399 e. The first-order valence-corrected chi connectivity index (χ1v) is 7.44. The van der Waals surface area contributed by atoms with E-state index in [1.807, 2.05) is 0 Å². The van der Waals surface area contributed by atoms with E-state index in [-0.39, 0.29) is 5.56 Å². The Bertz CT molecular complexity index is 846. The van der Waals surface area contributed by atoms with Gasteiger partial charge >= 0.3 is 0 Å². The number of benzene rings is 1. The van der Waals surface area contributed by atoms with Crippen molar-refractivity contribution in [1.82, 2.24) is 9.97 Å². The van der Waals surface area contributed by atoms with Gasteiger partial charge in [0.05, 0.1) is 17.4 Å². The highest BCUT2D eigenvalue weighted by Gasteiger charge is 2.06. The van der Waals surface area contributed by atoms with Crippen LogP contribution < -0.4 is 16.6 Å². The zero-order valence-corrected chi connectivity index (χ0v) is 12.7. The first-order valence-electron chi connectivity index (χ1n) is 6.62. The van der Waals surface area contributed by atoms with Crippen molar-refractivity contribution in [3.63, 3.8) is 0 Å². The number of thiophene rings is 1. The summed E-state index contributed by atoms with van der Waals surface area (Å²) in [6.45, 7) is 4.84. The molecule has 0 amide bonds. The van der Waals surface area contributed by atoms with E-state index in [0.717, 1.165) is 0 Å². The highest BCUT2D eigenvalue weighted by molar-refractivity contribution is 7.12. The van der Waals surface area contributed by atoms with E-state index in [1.54, 1.807) is 29.5 Å². The predicted octanol–water partition coefficient (Wildman–Crippen LogP) is 2.80. The van der Waals surface area contributed by atoms with Crippen LogP contribution in [0.3, 0.4) is 0 Å². The van der Waals surface area contributed by atoms with Gasteiger partial charge in [-0.05, 0) is 43.7 Å². The molecule has 0 saturated heterocycles. The number of aromatic amines is 1. The molecule has 0 aliphatic rings. The molecule has 0 aliphatic carbocycles. The zero-order chi connectivity index (χ0) is 15.0. The van der Waals surface area contributed by atoms with Crippen LogP contribution in [0.2, 0.25) is 0 Å². The lowest BCUT2D eigenvalue weighted by Gasteiger charge is -2.05. The fraction of sp³-hybridized carbons (Fsp3) is 0.200. The van der Waals surface area contributed by atoms with Crippen LogP contribution in [0, 0.1) is 13.8 Å². The molecule has 0 radical (unpaired) electrons. The number of nitrogen functional groups attached to an aromatic ring is 1. The average Bonchev–Trinajstić information content (AvgIpc) is 2.76. The van der Waals surface area contributed by atoms with Crippen molar-refractivity contribution >= 4 is 33.9 Å². The summed E-state index contributed by atoms with van der Waals surface area (Å²) in [5, 5.41) is 3.66. The van der Waals surface area contributed by atoms with Gasteiger partial charge in [-0.1, -0.05) is 0 Å². The summed E-state index contributed by atoms with van der Waals surface area (Å²) < 4.78 is 0. The van der Waals surface area contributed by atoms with Crippen LogP contribution in [0.15, 0.2) is 29.1 Å². The van der Waals surface area contributed by atoms with Gasteiger partial charge in [-0.15, -0.1) is 11.3 Å². The summed E-state index contributed by atoms with van der Waals surface area (Å²) in [5.41, 5.74) is 7.97. The number of hydrogen-bond acceptors (Lipinski definition) is 5. The van der Waals surface area contributed by atoms with Crippen LogP contribution in [0.4, 0.5) is 11.6 Å². The van der Waals surface area contributed by atoms with Crippen LogP contribution >= 0.6 is 11.3 Å². The lowest BCUT2D eigenvalue weighted by molar-refractivity contribution is 1.07. The van der Waals surface area contributed by atoms with Crippen LogP contribution in [-0.4, -0.2) is 9.97 Å². The number of aromatic nitrogens is 2. The molecule has 0 bridgehead atoms. The van der Waals surface area contributed by atoms with Crippen LogP contribution in [0.5, 0.6) is 0 Å². The van der Waals surface area contributed by atoms with E-state index in [1.165, 1.54) is 15.3 Å². The smallest absolute Gasteiger partial charge is 0.260 e. The molecule has 6 heteroatoms. The van der Waals surface area contributed by atoms with E-state index in [9.17, 15) is 4.79 Å². The molecule has 1 aromatic carbocycles. The molecule has 4 N–H and O–H groups in total. The molecule has 0 saturated carbocycles. The molecule has 3 aromatic rings. The molecular formula is C15H16N4OS. The van der Waals surface area contributed by atoms with Crippen molar-refractivity contribution in [2.45, 2.75) is 20.4 Å². The Morgan fingerprint density at radius 2 is 2.14 bits per heavy atom. The molecule has 5 nitrogen and oxygen atoms in total. The second-order valence-electron chi connectivity index (χ2n) is 5.00. The first-order chi connectivity index (χ1) is 10.0. The van der Waals surface area contributed by atoms with E-state index in [4.69, 9.17) is 5.73 Å². The average molecular weight is 300 g/mol. The minimum absolute atomic E-state index is 0.187. The Morgan fingerprint density at radius 1 is 1.33 bits per heavy atom. The summed E-state index contributed by atoms with van der Waals surface area (Å²) in [4.78, 5) is 21.7. The monoisotopic (exact) mass is 300 g/mol.